The molecule has 1 aliphatic carbocycles. The molecular weight excluding hydrogens is 372 g/mol. The molecule has 0 fully saturated rings. The number of carbonyl (C=O) groups is 1. The zero-order valence-electron chi connectivity index (χ0n) is 16.6. The van der Waals surface area contributed by atoms with E-state index >= 15 is 0 Å². The van der Waals surface area contributed by atoms with E-state index in [0.717, 1.165) is 53.1 Å². The van der Waals surface area contributed by atoms with Gasteiger partial charge in [-0.15, -0.1) is 5.10 Å². The van der Waals surface area contributed by atoms with Crippen LogP contribution < -0.4 is 5.32 Å². The van der Waals surface area contributed by atoms with E-state index in [9.17, 15) is 4.79 Å². The van der Waals surface area contributed by atoms with Gasteiger partial charge in [0.25, 0.3) is 5.91 Å². The number of amides is 1. The molecule has 3 aromatic rings. The number of aryl methyl sites for hydroxylation is 2. The molecule has 1 atom stereocenters. The molecule has 0 aliphatic heterocycles. The fourth-order valence-corrected chi connectivity index (χ4v) is 4.17. The monoisotopic (exact) mass is 396 g/mol. The Balaban J connectivity index is 1.59. The first kappa shape index (κ1) is 18.8. The summed E-state index contributed by atoms with van der Waals surface area (Å²) in [6.07, 6.45) is 2.73. The van der Waals surface area contributed by atoms with Gasteiger partial charge in [0.05, 0.1) is 0 Å². The molecule has 2 aromatic heterocycles. The number of carbonyl (C=O) groups excluding carboxylic acids is 1. The molecule has 0 radical (unpaired) electrons. The van der Waals surface area contributed by atoms with Gasteiger partial charge in [-0.25, -0.2) is 0 Å². The lowest BCUT2D eigenvalue weighted by Gasteiger charge is -2.33. The van der Waals surface area contributed by atoms with Crippen molar-refractivity contribution in [2.45, 2.75) is 47.0 Å². The summed E-state index contributed by atoms with van der Waals surface area (Å²) in [4.78, 5) is 13.0. The zero-order chi connectivity index (χ0) is 19.9. The van der Waals surface area contributed by atoms with Crippen LogP contribution in [0, 0.1) is 18.3 Å². The molecule has 6 nitrogen and oxygen atoms in total. The molecule has 1 amide bonds. The van der Waals surface area contributed by atoms with Crippen LogP contribution in [0.25, 0.3) is 11.3 Å². The summed E-state index contributed by atoms with van der Waals surface area (Å²) < 4.78 is 9.40. The third kappa shape index (κ3) is 3.58. The molecule has 0 saturated carbocycles. The Kier molecular flexibility index (Phi) is 4.79. The average molecular weight is 397 g/mol. The highest BCUT2D eigenvalue weighted by Gasteiger charge is 2.34. The highest BCUT2D eigenvalue weighted by Crippen LogP contribution is 2.38. The summed E-state index contributed by atoms with van der Waals surface area (Å²) in [6, 6.07) is 5.88. The summed E-state index contributed by atoms with van der Waals surface area (Å²) in [7, 11) is 0. The summed E-state index contributed by atoms with van der Waals surface area (Å²) >= 11 is 1.30. The number of hydrogen-bond acceptors (Lipinski definition) is 6. The highest BCUT2D eigenvalue weighted by atomic mass is 32.1. The van der Waals surface area contributed by atoms with Crippen molar-refractivity contribution in [3.63, 3.8) is 0 Å². The largest absolute Gasteiger partial charge is 0.360 e. The highest BCUT2D eigenvalue weighted by molar-refractivity contribution is 7.03. The molecule has 1 N–H and O–H groups in total. The minimum absolute atomic E-state index is 0.190. The van der Waals surface area contributed by atoms with Crippen LogP contribution >= 0.6 is 11.5 Å². The Hall–Kier alpha value is -2.54. The van der Waals surface area contributed by atoms with E-state index in [4.69, 9.17) is 4.52 Å². The average Bonchev–Trinajstić information content (AvgIpc) is 3.32. The summed E-state index contributed by atoms with van der Waals surface area (Å²) in [5, 5.41) is 13.1. The number of fused-ring (bicyclic) bond motifs is 1. The normalized spacial score (nSPS) is 16.6. The first-order valence-corrected chi connectivity index (χ1v) is 10.3. The second-order valence-corrected chi connectivity index (χ2v) is 9.12. The van der Waals surface area contributed by atoms with Crippen LogP contribution in [0.2, 0.25) is 0 Å². The van der Waals surface area contributed by atoms with E-state index in [1.54, 1.807) is 0 Å². The molecule has 0 bridgehead atoms. The SMILES string of the molecule is Cc1ccc(-c2csnn2)cc1NC(=O)c1noc2c1C[C@H](C(C)(C)C)CC2. The predicted octanol–water partition coefficient (Wildman–Crippen LogP) is 4.90. The first-order chi connectivity index (χ1) is 13.3. The molecule has 7 heteroatoms. The van der Waals surface area contributed by atoms with Crippen molar-refractivity contribution >= 4 is 23.1 Å². The summed E-state index contributed by atoms with van der Waals surface area (Å²) in [5.41, 5.74) is 5.00. The van der Waals surface area contributed by atoms with Crippen LogP contribution in [0.3, 0.4) is 0 Å². The van der Waals surface area contributed by atoms with Crippen molar-refractivity contribution in [1.29, 1.82) is 0 Å². The van der Waals surface area contributed by atoms with Gasteiger partial charge in [-0.1, -0.05) is 42.5 Å². The van der Waals surface area contributed by atoms with Crippen molar-refractivity contribution < 1.29 is 9.32 Å². The summed E-state index contributed by atoms with van der Waals surface area (Å²) in [6.45, 7) is 8.71. The fourth-order valence-electron chi connectivity index (χ4n) is 3.71. The Morgan fingerprint density at radius 1 is 1.32 bits per heavy atom. The molecule has 0 spiro atoms. The van der Waals surface area contributed by atoms with E-state index in [-0.39, 0.29) is 11.3 Å². The van der Waals surface area contributed by atoms with Crippen LogP contribution in [0.1, 0.15) is 54.6 Å². The number of nitrogens with one attached hydrogen (secondary N) is 1. The van der Waals surface area contributed by atoms with Crippen molar-refractivity contribution in [3.8, 4) is 11.3 Å². The van der Waals surface area contributed by atoms with Crippen LogP contribution in [-0.2, 0) is 12.8 Å². The third-order valence-electron chi connectivity index (χ3n) is 5.62. The number of hydrogen-bond donors (Lipinski definition) is 1. The number of aromatic nitrogens is 3. The zero-order valence-corrected chi connectivity index (χ0v) is 17.4. The second kappa shape index (κ2) is 7.13. The molecule has 2 heterocycles. The van der Waals surface area contributed by atoms with E-state index in [0.29, 0.717) is 11.6 Å². The van der Waals surface area contributed by atoms with Gasteiger partial charge in [0.1, 0.15) is 11.5 Å². The molecule has 146 valence electrons. The van der Waals surface area contributed by atoms with Crippen molar-refractivity contribution in [2.75, 3.05) is 5.32 Å². The van der Waals surface area contributed by atoms with E-state index in [1.165, 1.54) is 11.5 Å². The van der Waals surface area contributed by atoms with Gasteiger partial charge in [0, 0.05) is 28.6 Å². The van der Waals surface area contributed by atoms with Gasteiger partial charge in [0.15, 0.2) is 5.69 Å². The predicted molar refractivity (Wildman–Crippen MR) is 110 cm³/mol. The lowest BCUT2D eigenvalue weighted by molar-refractivity contribution is 0.101. The van der Waals surface area contributed by atoms with Gasteiger partial charge in [-0.05, 0) is 54.3 Å². The Morgan fingerprint density at radius 3 is 2.86 bits per heavy atom. The third-order valence-corrected chi connectivity index (χ3v) is 6.13. The Bertz CT molecular complexity index is 1000. The number of anilines is 1. The van der Waals surface area contributed by atoms with Crippen LogP contribution in [-0.4, -0.2) is 20.7 Å². The molecule has 4 rings (SSSR count). The van der Waals surface area contributed by atoms with Crippen molar-refractivity contribution in [2.24, 2.45) is 11.3 Å². The molecule has 28 heavy (non-hydrogen) atoms. The lowest BCUT2D eigenvalue weighted by Crippen LogP contribution is -2.27. The summed E-state index contributed by atoms with van der Waals surface area (Å²) in [5.74, 6) is 1.13. The second-order valence-electron chi connectivity index (χ2n) is 8.51. The van der Waals surface area contributed by atoms with Crippen molar-refractivity contribution in [1.82, 2.24) is 14.7 Å². The van der Waals surface area contributed by atoms with Crippen molar-refractivity contribution in [3.05, 3.63) is 46.2 Å². The van der Waals surface area contributed by atoms with Crippen LogP contribution in [0.15, 0.2) is 28.1 Å². The standard InChI is InChI=1S/C21H24N4O2S/c1-12-5-6-13(17-11-28-25-23-17)9-16(12)22-20(26)19-15-10-14(21(2,3)4)7-8-18(15)27-24-19/h5-6,9,11,14H,7-8,10H2,1-4H3,(H,22,26)/t14-/m1/s1. The van der Waals surface area contributed by atoms with E-state index in [1.807, 2.05) is 30.5 Å². The number of rotatable bonds is 3. The molecule has 1 aromatic carbocycles. The Labute approximate surface area is 168 Å². The lowest BCUT2D eigenvalue weighted by atomic mass is 9.71. The minimum atomic E-state index is -0.226. The van der Waals surface area contributed by atoms with Gasteiger partial charge >= 0.3 is 0 Å². The molecule has 1 aliphatic rings. The Morgan fingerprint density at radius 2 is 2.14 bits per heavy atom. The topological polar surface area (TPSA) is 80.9 Å². The first-order valence-electron chi connectivity index (χ1n) is 9.50. The van der Waals surface area contributed by atoms with E-state index in [2.05, 4.69) is 40.8 Å². The molecule has 0 saturated heterocycles. The van der Waals surface area contributed by atoms with Gasteiger partial charge in [-0.2, -0.15) is 0 Å². The maximum Gasteiger partial charge on any atom is 0.278 e. The minimum Gasteiger partial charge on any atom is -0.360 e. The maximum absolute atomic E-state index is 13.0. The van der Waals surface area contributed by atoms with Gasteiger partial charge in [0.2, 0.25) is 0 Å². The number of nitrogens with zero attached hydrogens (tertiary/aromatic N) is 3. The molecule has 0 unspecified atom stereocenters. The molecular formula is C21H24N4O2S. The number of benzene rings is 1. The smallest absolute Gasteiger partial charge is 0.278 e. The van der Waals surface area contributed by atoms with Crippen LogP contribution in [0.5, 0.6) is 0 Å². The van der Waals surface area contributed by atoms with Crippen LogP contribution in [0.4, 0.5) is 5.69 Å². The fraction of sp³-hybridized carbons (Fsp3) is 0.429. The maximum atomic E-state index is 13.0. The van der Waals surface area contributed by atoms with Gasteiger partial charge in [-0.3, -0.25) is 4.79 Å². The van der Waals surface area contributed by atoms with Gasteiger partial charge < -0.3 is 9.84 Å². The quantitative estimate of drug-likeness (QED) is 0.681. The van der Waals surface area contributed by atoms with E-state index < -0.39 is 0 Å².